The third-order valence-electron chi connectivity index (χ3n) is 5.77. The molecule has 1 aliphatic rings. The smallest absolute Gasteiger partial charge is 0.252 e. The molecule has 1 fully saturated rings. The first-order valence-corrected chi connectivity index (χ1v) is 13.9. The molecule has 1 amide bonds. The number of benzene rings is 1. The molecule has 3 aromatic heterocycles. The second kappa shape index (κ2) is 9.53. The van der Waals surface area contributed by atoms with Crippen molar-refractivity contribution >= 4 is 54.0 Å². The summed E-state index contributed by atoms with van der Waals surface area (Å²) in [6.07, 6.45) is 4.67. The van der Waals surface area contributed by atoms with Crippen molar-refractivity contribution in [2.45, 2.75) is 23.6 Å². The molecular formula is C22H22FN5O3S3. The predicted octanol–water partition coefficient (Wildman–Crippen LogP) is 3.83. The summed E-state index contributed by atoms with van der Waals surface area (Å²) < 4.78 is 43.9. The summed E-state index contributed by atoms with van der Waals surface area (Å²) in [4.78, 5) is 19.9. The largest absolute Gasteiger partial charge is 0.286 e. The SMILES string of the molecule is O=C(C1CCCN(S(=O)(=O)c2cccs2)C1)N(CCn1cccn1)c1nc2ccc(F)cc2s1. The van der Waals surface area contributed by atoms with Crippen molar-refractivity contribution in [2.75, 3.05) is 24.5 Å². The molecule has 4 heterocycles. The maximum absolute atomic E-state index is 13.7. The number of aromatic nitrogens is 3. The summed E-state index contributed by atoms with van der Waals surface area (Å²) >= 11 is 2.42. The molecule has 34 heavy (non-hydrogen) atoms. The van der Waals surface area contributed by atoms with E-state index in [0.717, 1.165) is 0 Å². The van der Waals surface area contributed by atoms with Gasteiger partial charge in [-0.3, -0.25) is 14.4 Å². The van der Waals surface area contributed by atoms with E-state index in [1.54, 1.807) is 45.4 Å². The highest BCUT2D eigenvalue weighted by atomic mass is 32.2. The molecule has 1 saturated heterocycles. The van der Waals surface area contributed by atoms with E-state index in [1.807, 2.05) is 6.20 Å². The number of carbonyl (C=O) groups excluding carboxylic acids is 1. The summed E-state index contributed by atoms with van der Waals surface area (Å²) in [6.45, 7) is 1.28. The third kappa shape index (κ3) is 4.63. The first-order chi connectivity index (χ1) is 16.4. The zero-order valence-electron chi connectivity index (χ0n) is 18.1. The van der Waals surface area contributed by atoms with Crippen LogP contribution in [0.15, 0.2) is 58.4 Å². The Labute approximate surface area is 204 Å². The van der Waals surface area contributed by atoms with Gasteiger partial charge in [0.05, 0.1) is 22.7 Å². The molecule has 4 aromatic rings. The van der Waals surface area contributed by atoms with Gasteiger partial charge in [-0.25, -0.2) is 17.8 Å². The van der Waals surface area contributed by atoms with Gasteiger partial charge in [0.1, 0.15) is 10.0 Å². The maximum Gasteiger partial charge on any atom is 0.252 e. The minimum Gasteiger partial charge on any atom is -0.286 e. The second-order valence-electron chi connectivity index (χ2n) is 8.00. The normalized spacial score (nSPS) is 17.3. The highest BCUT2D eigenvalue weighted by molar-refractivity contribution is 7.91. The molecule has 0 saturated carbocycles. The maximum atomic E-state index is 13.7. The first-order valence-electron chi connectivity index (χ1n) is 10.8. The quantitative estimate of drug-likeness (QED) is 0.370. The number of hydrogen-bond donors (Lipinski definition) is 0. The lowest BCUT2D eigenvalue weighted by Crippen LogP contribution is -2.47. The second-order valence-corrected chi connectivity index (χ2v) is 12.1. The molecule has 1 aromatic carbocycles. The molecule has 0 N–H and O–H groups in total. The number of nitrogens with zero attached hydrogens (tertiary/aromatic N) is 5. The Morgan fingerprint density at radius 3 is 2.91 bits per heavy atom. The van der Waals surface area contributed by atoms with Gasteiger partial charge < -0.3 is 0 Å². The molecule has 1 unspecified atom stereocenters. The van der Waals surface area contributed by atoms with E-state index in [1.165, 1.54) is 39.1 Å². The summed E-state index contributed by atoms with van der Waals surface area (Å²) in [5.74, 6) is -1.04. The predicted molar refractivity (Wildman–Crippen MR) is 130 cm³/mol. The van der Waals surface area contributed by atoms with Crippen LogP contribution in [-0.2, 0) is 21.4 Å². The monoisotopic (exact) mass is 519 g/mol. The average Bonchev–Trinajstić information content (AvgIpc) is 3.60. The summed E-state index contributed by atoms with van der Waals surface area (Å²) in [6, 6.07) is 9.44. The van der Waals surface area contributed by atoms with Crippen molar-refractivity contribution < 1.29 is 17.6 Å². The summed E-state index contributed by atoms with van der Waals surface area (Å²) in [5.41, 5.74) is 0.615. The van der Waals surface area contributed by atoms with E-state index < -0.39 is 15.9 Å². The number of amides is 1. The molecule has 12 heteroatoms. The van der Waals surface area contributed by atoms with Gasteiger partial charge in [-0.05, 0) is 48.6 Å². The van der Waals surface area contributed by atoms with Gasteiger partial charge in [0.25, 0.3) is 10.0 Å². The van der Waals surface area contributed by atoms with Crippen molar-refractivity contribution in [3.8, 4) is 0 Å². The number of thiophene rings is 1. The van der Waals surface area contributed by atoms with Crippen LogP contribution < -0.4 is 4.90 Å². The van der Waals surface area contributed by atoms with Crippen molar-refractivity contribution in [1.29, 1.82) is 0 Å². The Balaban J connectivity index is 1.42. The number of sulfonamides is 1. The Morgan fingerprint density at radius 2 is 2.15 bits per heavy atom. The van der Waals surface area contributed by atoms with Crippen LogP contribution >= 0.6 is 22.7 Å². The summed E-state index contributed by atoms with van der Waals surface area (Å²) in [7, 11) is -3.64. The van der Waals surface area contributed by atoms with E-state index in [2.05, 4.69) is 10.1 Å². The fourth-order valence-corrected chi connectivity index (χ4v) is 7.75. The molecule has 0 aliphatic carbocycles. The Morgan fingerprint density at radius 1 is 1.26 bits per heavy atom. The molecule has 178 valence electrons. The zero-order chi connectivity index (χ0) is 23.7. The van der Waals surface area contributed by atoms with Crippen LogP contribution in [0.5, 0.6) is 0 Å². The van der Waals surface area contributed by atoms with Crippen molar-refractivity contribution in [3.05, 3.63) is 60.0 Å². The van der Waals surface area contributed by atoms with Crippen LogP contribution in [0.1, 0.15) is 12.8 Å². The van der Waals surface area contributed by atoms with Gasteiger partial charge in [-0.2, -0.15) is 9.40 Å². The number of fused-ring (bicyclic) bond motifs is 1. The number of carbonyl (C=O) groups is 1. The lowest BCUT2D eigenvalue weighted by molar-refractivity contribution is -0.123. The van der Waals surface area contributed by atoms with Gasteiger partial charge in [0, 0.05) is 32.0 Å². The minimum atomic E-state index is -3.64. The standard InChI is InChI=1S/C22H22FN5O3S3/c23-17-6-7-18-19(14-17)33-22(25-18)28(12-11-26-9-3-8-24-26)21(29)16-4-1-10-27(15-16)34(30,31)20-5-2-13-32-20/h2-3,5-9,13-14,16H,1,4,10-12,15H2. The number of hydrogen-bond acceptors (Lipinski definition) is 7. The summed E-state index contributed by atoms with van der Waals surface area (Å²) in [5, 5.41) is 6.40. The molecule has 8 nitrogen and oxygen atoms in total. The van der Waals surface area contributed by atoms with E-state index in [4.69, 9.17) is 0 Å². The van der Waals surface area contributed by atoms with Crippen LogP contribution in [-0.4, -0.2) is 53.0 Å². The van der Waals surface area contributed by atoms with E-state index in [9.17, 15) is 17.6 Å². The molecule has 5 rings (SSSR count). The minimum absolute atomic E-state index is 0.122. The number of thiazole rings is 1. The van der Waals surface area contributed by atoms with Crippen LogP contribution in [0.3, 0.4) is 0 Å². The molecule has 1 aliphatic heterocycles. The number of halogens is 1. The highest BCUT2D eigenvalue weighted by Crippen LogP contribution is 2.32. The van der Waals surface area contributed by atoms with Gasteiger partial charge in [-0.1, -0.05) is 17.4 Å². The van der Waals surface area contributed by atoms with Crippen molar-refractivity contribution in [1.82, 2.24) is 19.1 Å². The highest BCUT2D eigenvalue weighted by Gasteiger charge is 2.36. The van der Waals surface area contributed by atoms with Gasteiger partial charge in [-0.15, -0.1) is 11.3 Å². The number of piperidine rings is 1. The fourth-order valence-electron chi connectivity index (χ4n) is 4.06. The van der Waals surface area contributed by atoms with Gasteiger partial charge in [0.15, 0.2) is 5.13 Å². The van der Waals surface area contributed by atoms with E-state index in [0.29, 0.717) is 47.8 Å². The topological polar surface area (TPSA) is 88.4 Å². The Hall–Kier alpha value is -2.67. The van der Waals surface area contributed by atoms with Crippen LogP contribution in [0.25, 0.3) is 10.2 Å². The fraction of sp³-hybridized carbons (Fsp3) is 0.318. The van der Waals surface area contributed by atoms with Gasteiger partial charge in [0.2, 0.25) is 5.91 Å². The zero-order valence-corrected chi connectivity index (χ0v) is 20.5. The van der Waals surface area contributed by atoms with Crippen LogP contribution in [0.2, 0.25) is 0 Å². The number of anilines is 1. The first kappa shape index (κ1) is 23.1. The third-order valence-corrected chi connectivity index (χ3v) is 10.0. The van der Waals surface area contributed by atoms with E-state index in [-0.39, 0.29) is 22.5 Å². The molecule has 1 atom stereocenters. The van der Waals surface area contributed by atoms with Crippen LogP contribution in [0.4, 0.5) is 9.52 Å². The van der Waals surface area contributed by atoms with E-state index >= 15 is 0 Å². The number of rotatable bonds is 7. The Bertz CT molecular complexity index is 1390. The van der Waals surface area contributed by atoms with Crippen molar-refractivity contribution in [3.63, 3.8) is 0 Å². The lowest BCUT2D eigenvalue weighted by atomic mass is 9.98. The van der Waals surface area contributed by atoms with Crippen molar-refractivity contribution in [2.24, 2.45) is 5.92 Å². The molecular weight excluding hydrogens is 497 g/mol. The molecule has 0 bridgehead atoms. The van der Waals surface area contributed by atoms with Gasteiger partial charge >= 0.3 is 0 Å². The lowest BCUT2D eigenvalue weighted by Gasteiger charge is -2.33. The van der Waals surface area contributed by atoms with Crippen LogP contribution in [0, 0.1) is 11.7 Å². The average molecular weight is 520 g/mol. The Kier molecular flexibility index (Phi) is 6.47. The molecule has 0 spiro atoms. The molecule has 0 radical (unpaired) electrons.